The summed E-state index contributed by atoms with van der Waals surface area (Å²) >= 11 is 0. The van der Waals surface area contributed by atoms with E-state index in [9.17, 15) is 22.4 Å². The summed E-state index contributed by atoms with van der Waals surface area (Å²) in [6, 6.07) is 9.67. The quantitative estimate of drug-likeness (QED) is 0.512. The van der Waals surface area contributed by atoms with Crippen LogP contribution < -0.4 is 4.90 Å². The Morgan fingerprint density at radius 1 is 1.09 bits per heavy atom. The number of halogens is 4. The molecule has 172 valence electrons. The normalized spacial score (nSPS) is 23.9. The Morgan fingerprint density at radius 3 is 2.34 bits per heavy atom. The van der Waals surface area contributed by atoms with Crippen molar-refractivity contribution in [3.8, 4) is 0 Å². The molecule has 2 aliphatic heterocycles. The van der Waals surface area contributed by atoms with E-state index in [-0.39, 0.29) is 5.69 Å². The van der Waals surface area contributed by atoms with Gasteiger partial charge in [0.1, 0.15) is 18.4 Å². The minimum absolute atomic E-state index is 0.279. The molecule has 1 amide bonds. The zero-order valence-electron chi connectivity index (χ0n) is 18.0. The largest absolute Gasteiger partial charge is 0.437 e. The minimum atomic E-state index is -4.48. The molecule has 0 aliphatic carbocycles. The molecule has 0 saturated carbocycles. The van der Waals surface area contributed by atoms with Gasteiger partial charge in [0.15, 0.2) is 6.10 Å². The molecule has 0 unspecified atom stereocenters. The van der Waals surface area contributed by atoms with Crippen molar-refractivity contribution >= 4 is 11.8 Å². The van der Waals surface area contributed by atoms with Gasteiger partial charge in [-0.3, -0.25) is 9.80 Å². The Kier molecular flexibility index (Phi) is 5.89. The lowest BCUT2D eigenvalue weighted by Crippen LogP contribution is -2.59. The number of amides is 1. The second-order valence-corrected chi connectivity index (χ2v) is 8.89. The van der Waals surface area contributed by atoms with Gasteiger partial charge >= 0.3 is 12.3 Å². The molecular weight excluding hydrogens is 426 g/mol. The highest BCUT2D eigenvalue weighted by atomic mass is 19.4. The fourth-order valence-corrected chi connectivity index (χ4v) is 4.46. The number of likely N-dealkylation sites (N-methyl/N-ethyl adjacent to an activating group) is 2. The average molecular weight is 452 g/mol. The van der Waals surface area contributed by atoms with Gasteiger partial charge in [0.2, 0.25) is 0 Å². The highest BCUT2D eigenvalue weighted by Crippen LogP contribution is 2.40. The summed E-state index contributed by atoms with van der Waals surface area (Å²) in [4.78, 5) is 16.5. The van der Waals surface area contributed by atoms with Gasteiger partial charge in [0, 0.05) is 18.8 Å². The molecule has 4 rings (SSSR count). The maximum atomic E-state index is 14.1. The number of alkyl halides is 3. The van der Waals surface area contributed by atoms with Gasteiger partial charge in [0.25, 0.3) is 0 Å². The Morgan fingerprint density at radius 2 is 1.75 bits per heavy atom. The third-order valence-electron chi connectivity index (χ3n) is 6.41. The van der Waals surface area contributed by atoms with E-state index in [2.05, 4.69) is 19.0 Å². The molecule has 2 atom stereocenters. The molecule has 0 spiro atoms. The number of cyclic esters (lactones) is 1. The number of anilines is 1. The minimum Gasteiger partial charge on any atom is -0.437 e. The lowest BCUT2D eigenvalue weighted by molar-refractivity contribution is -0.916. The number of hydrogen-bond acceptors (Lipinski definition) is 3. The average Bonchev–Trinajstić information content (AvgIpc) is 3.05. The lowest BCUT2D eigenvalue weighted by Gasteiger charge is -2.42. The molecule has 2 fully saturated rings. The van der Waals surface area contributed by atoms with Crippen LogP contribution >= 0.6 is 0 Å². The van der Waals surface area contributed by atoms with Crippen LogP contribution in [0.5, 0.6) is 0 Å². The first-order valence-corrected chi connectivity index (χ1v) is 10.5. The Hall–Kier alpha value is -2.65. The van der Waals surface area contributed by atoms with E-state index in [0.29, 0.717) is 16.6 Å². The van der Waals surface area contributed by atoms with Crippen LogP contribution in [0.25, 0.3) is 0 Å². The first-order chi connectivity index (χ1) is 15.1. The van der Waals surface area contributed by atoms with Gasteiger partial charge < -0.3 is 9.22 Å². The van der Waals surface area contributed by atoms with Crippen molar-refractivity contribution in [2.24, 2.45) is 0 Å². The summed E-state index contributed by atoms with van der Waals surface area (Å²) in [5, 5.41) is 0. The van der Waals surface area contributed by atoms with Gasteiger partial charge in [-0.25, -0.2) is 9.18 Å². The van der Waals surface area contributed by atoms with Crippen molar-refractivity contribution in [3.05, 3.63) is 65.5 Å². The molecule has 32 heavy (non-hydrogen) atoms. The van der Waals surface area contributed by atoms with E-state index in [1.165, 1.54) is 29.2 Å². The number of ether oxygens (including phenoxy) is 1. The molecule has 5 nitrogen and oxygen atoms in total. The number of hydrogen-bond donors (Lipinski definition) is 0. The maximum absolute atomic E-state index is 14.1. The molecular formula is C23H26F4N3O2+. The highest BCUT2D eigenvalue weighted by Gasteiger charge is 2.47. The standard InChI is InChI=1S/C23H26F4N3O2/c1-28-10-12-30(2,13-11-28)15-20-21(16-4-3-5-18(24)14-16)29(22(31)32-20)19-8-6-17(7-9-19)23(25,26)27/h3-9,14,20-21H,10-13,15H2,1-2H3/q+1/t20-,21-/m0/s1. The van der Waals surface area contributed by atoms with Crippen LogP contribution in [0.3, 0.4) is 0 Å². The zero-order chi connectivity index (χ0) is 23.1. The predicted octanol–water partition coefficient (Wildman–Crippen LogP) is 4.30. The summed E-state index contributed by atoms with van der Waals surface area (Å²) in [5.41, 5.74) is 0.0189. The summed E-state index contributed by atoms with van der Waals surface area (Å²) in [6.07, 6.45) is -5.70. The monoisotopic (exact) mass is 452 g/mol. The van der Waals surface area contributed by atoms with Crippen molar-refractivity contribution < 1.29 is 31.6 Å². The van der Waals surface area contributed by atoms with E-state index in [1.807, 2.05) is 0 Å². The smallest absolute Gasteiger partial charge is 0.416 e. The summed E-state index contributed by atoms with van der Waals surface area (Å²) in [6.45, 7) is 4.09. The third kappa shape index (κ3) is 4.59. The SMILES string of the molecule is CN1CC[N+](C)(C[C@@H]2OC(=O)N(c3ccc(C(F)(F)F)cc3)[C@H]2c2cccc(F)c2)CC1. The van der Waals surface area contributed by atoms with Crippen molar-refractivity contribution in [1.29, 1.82) is 0 Å². The van der Waals surface area contributed by atoms with E-state index < -0.39 is 35.8 Å². The number of rotatable bonds is 4. The molecule has 0 bridgehead atoms. The first kappa shape index (κ1) is 22.5. The number of piperazine rings is 1. The Balaban J connectivity index is 1.68. The summed E-state index contributed by atoms with van der Waals surface area (Å²) < 4.78 is 59.5. The molecule has 2 saturated heterocycles. The summed E-state index contributed by atoms with van der Waals surface area (Å²) in [5.74, 6) is -0.451. The van der Waals surface area contributed by atoms with E-state index in [4.69, 9.17) is 4.74 Å². The van der Waals surface area contributed by atoms with Crippen LogP contribution in [0.1, 0.15) is 17.2 Å². The van der Waals surface area contributed by atoms with Crippen LogP contribution in [-0.2, 0) is 10.9 Å². The van der Waals surface area contributed by atoms with Gasteiger partial charge in [-0.15, -0.1) is 0 Å². The van der Waals surface area contributed by atoms with Gasteiger partial charge in [-0.1, -0.05) is 12.1 Å². The van der Waals surface area contributed by atoms with E-state index in [0.717, 1.165) is 38.3 Å². The highest BCUT2D eigenvalue weighted by molar-refractivity contribution is 5.91. The number of carbonyl (C=O) groups is 1. The van der Waals surface area contributed by atoms with Crippen molar-refractivity contribution in [3.63, 3.8) is 0 Å². The van der Waals surface area contributed by atoms with Crippen LogP contribution in [0.15, 0.2) is 48.5 Å². The lowest BCUT2D eigenvalue weighted by atomic mass is 9.98. The molecule has 0 aromatic heterocycles. The molecule has 9 heteroatoms. The fraction of sp³-hybridized carbons (Fsp3) is 0.435. The molecule has 2 aromatic carbocycles. The van der Waals surface area contributed by atoms with Crippen molar-refractivity contribution in [2.45, 2.75) is 18.3 Å². The number of nitrogens with zero attached hydrogens (tertiary/aromatic N) is 3. The number of quaternary nitrogens is 1. The topological polar surface area (TPSA) is 32.8 Å². The molecule has 2 heterocycles. The predicted molar refractivity (Wildman–Crippen MR) is 112 cm³/mol. The second-order valence-electron chi connectivity index (χ2n) is 8.89. The van der Waals surface area contributed by atoms with Crippen LogP contribution in [0.4, 0.5) is 28.0 Å². The number of benzene rings is 2. The molecule has 2 aromatic rings. The molecule has 0 radical (unpaired) electrons. The maximum Gasteiger partial charge on any atom is 0.416 e. The van der Waals surface area contributed by atoms with Gasteiger partial charge in [0.05, 0.1) is 25.7 Å². The first-order valence-electron chi connectivity index (χ1n) is 10.5. The van der Waals surface area contributed by atoms with Crippen molar-refractivity contribution in [2.75, 3.05) is 51.7 Å². The Bertz CT molecular complexity index is 972. The van der Waals surface area contributed by atoms with Gasteiger partial charge in [-0.2, -0.15) is 13.2 Å². The summed E-state index contributed by atoms with van der Waals surface area (Å²) in [7, 11) is 4.16. The number of carbonyl (C=O) groups excluding carboxylic acids is 1. The Labute approximate surface area is 184 Å². The zero-order valence-corrected chi connectivity index (χ0v) is 18.0. The van der Waals surface area contributed by atoms with E-state index in [1.54, 1.807) is 12.1 Å². The molecule has 2 aliphatic rings. The van der Waals surface area contributed by atoms with Crippen LogP contribution in [0, 0.1) is 5.82 Å². The second kappa shape index (κ2) is 8.37. The fourth-order valence-electron chi connectivity index (χ4n) is 4.46. The third-order valence-corrected chi connectivity index (χ3v) is 6.41. The van der Waals surface area contributed by atoms with E-state index >= 15 is 0 Å². The molecule has 0 N–H and O–H groups in total. The van der Waals surface area contributed by atoms with Gasteiger partial charge in [-0.05, 0) is 49.0 Å². The van der Waals surface area contributed by atoms with Crippen molar-refractivity contribution in [1.82, 2.24) is 4.90 Å². The van der Waals surface area contributed by atoms with Crippen LogP contribution in [-0.4, -0.2) is 68.4 Å². The van der Waals surface area contributed by atoms with Crippen LogP contribution in [0.2, 0.25) is 0 Å².